The fourth-order valence-electron chi connectivity index (χ4n) is 2.44. The van der Waals surface area contributed by atoms with Gasteiger partial charge in [-0.05, 0) is 33.7 Å². The van der Waals surface area contributed by atoms with Crippen LogP contribution in [0.5, 0.6) is 0 Å². The predicted octanol–water partition coefficient (Wildman–Crippen LogP) is 1.31. The third kappa shape index (κ3) is 3.76. The second kappa shape index (κ2) is 6.21. The van der Waals surface area contributed by atoms with Crippen molar-refractivity contribution in [2.75, 3.05) is 13.6 Å². The molecule has 1 fully saturated rings. The molecule has 1 rings (SSSR count). The molecule has 0 aromatic rings. The van der Waals surface area contributed by atoms with Gasteiger partial charge in [-0.3, -0.25) is 9.69 Å². The molecule has 1 aliphatic rings. The van der Waals surface area contributed by atoms with E-state index in [1.165, 1.54) is 19.3 Å². The van der Waals surface area contributed by atoms with E-state index >= 15 is 0 Å². The largest absolute Gasteiger partial charge is 0.480 e. The van der Waals surface area contributed by atoms with Crippen LogP contribution in [0.1, 0.15) is 39.5 Å². The van der Waals surface area contributed by atoms with E-state index in [1.54, 1.807) is 0 Å². The van der Waals surface area contributed by atoms with Crippen molar-refractivity contribution >= 4 is 5.97 Å². The van der Waals surface area contributed by atoms with Crippen LogP contribution in [0.25, 0.3) is 0 Å². The van der Waals surface area contributed by atoms with Crippen molar-refractivity contribution in [2.24, 2.45) is 0 Å². The van der Waals surface area contributed by atoms with Gasteiger partial charge < -0.3 is 10.4 Å². The van der Waals surface area contributed by atoms with Gasteiger partial charge in [-0.2, -0.15) is 0 Å². The van der Waals surface area contributed by atoms with Crippen molar-refractivity contribution in [3.63, 3.8) is 0 Å². The third-order valence-electron chi connectivity index (χ3n) is 3.58. The first-order chi connectivity index (χ1) is 7.52. The van der Waals surface area contributed by atoms with E-state index in [-0.39, 0.29) is 6.54 Å². The summed E-state index contributed by atoms with van der Waals surface area (Å²) in [5.41, 5.74) is 0. The molecular weight excluding hydrogens is 204 g/mol. The lowest BCUT2D eigenvalue weighted by atomic mass is 9.88. The van der Waals surface area contributed by atoms with Crippen molar-refractivity contribution in [1.82, 2.24) is 10.2 Å². The molecule has 0 heterocycles. The van der Waals surface area contributed by atoms with E-state index in [1.807, 2.05) is 0 Å². The molecule has 0 saturated heterocycles. The van der Waals surface area contributed by atoms with Crippen LogP contribution in [-0.4, -0.2) is 47.7 Å². The van der Waals surface area contributed by atoms with Crippen molar-refractivity contribution < 1.29 is 9.90 Å². The van der Waals surface area contributed by atoms with Crippen LogP contribution in [0.15, 0.2) is 0 Å². The number of carbonyl (C=O) groups is 1. The Morgan fingerprint density at radius 3 is 2.62 bits per heavy atom. The van der Waals surface area contributed by atoms with Gasteiger partial charge in [0.2, 0.25) is 0 Å². The zero-order valence-corrected chi connectivity index (χ0v) is 10.6. The summed E-state index contributed by atoms with van der Waals surface area (Å²) in [6.45, 7) is 4.44. The minimum Gasteiger partial charge on any atom is -0.480 e. The number of rotatable bonds is 5. The van der Waals surface area contributed by atoms with E-state index < -0.39 is 5.97 Å². The van der Waals surface area contributed by atoms with Crippen LogP contribution >= 0.6 is 0 Å². The Kier molecular flexibility index (Phi) is 5.22. The van der Waals surface area contributed by atoms with E-state index in [2.05, 4.69) is 31.1 Å². The summed E-state index contributed by atoms with van der Waals surface area (Å²) in [7, 11) is 2.14. The second-order valence-electron chi connectivity index (χ2n) is 4.99. The molecule has 0 bridgehead atoms. The maximum atomic E-state index is 10.6. The summed E-state index contributed by atoms with van der Waals surface area (Å²) in [6.07, 6.45) is 4.73. The molecule has 94 valence electrons. The van der Waals surface area contributed by atoms with E-state index in [0.717, 1.165) is 6.42 Å². The molecule has 16 heavy (non-hydrogen) atoms. The minimum absolute atomic E-state index is 0.0765. The summed E-state index contributed by atoms with van der Waals surface area (Å²) in [5, 5.41) is 11.9. The SMILES string of the molecule is CC(C)N(C)[C@H]1CCCC[C@@H]1NCC(=O)O. The average Bonchev–Trinajstić information content (AvgIpc) is 2.25. The van der Waals surface area contributed by atoms with Gasteiger partial charge in [0.15, 0.2) is 0 Å². The quantitative estimate of drug-likeness (QED) is 0.745. The van der Waals surface area contributed by atoms with Gasteiger partial charge in [0.05, 0.1) is 6.54 Å². The van der Waals surface area contributed by atoms with Crippen molar-refractivity contribution in [1.29, 1.82) is 0 Å². The topological polar surface area (TPSA) is 52.6 Å². The van der Waals surface area contributed by atoms with Gasteiger partial charge in [-0.25, -0.2) is 0 Å². The number of nitrogens with zero attached hydrogens (tertiary/aromatic N) is 1. The number of likely N-dealkylation sites (N-methyl/N-ethyl adjacent to an activating group) is 1. The summed E-state index contributed by atoms with van der Waals surface area (Å²) in [4.78, 5) is 12.9. The Hall–Kier alpha value is -0.610. The Bertz CT molecular complexity index is 231. The second-order valence-corrected chi connectivity index (χ2v) is 4.99. The zero-order valence-electron chi connectivity index (χ0n) is 10.6. The summed E-state index contributed by atoms with van der Waals surface area (Å²) in [6, 6.07) is 1.32. The van der Waals surface area contributed by atoms with Gasteiger partial charge in [-0.1, -0.05) is 12.8 Å². The Morgan fingerprint density at radius 1 is 1.44 bits per heavy atom. The van der Waals surface area contributed by atoms with Crippen LogP contribution in [-0.2, 0) is 4.79 Å². The lowest BCUT2D eigenvalue weighted by Crippen LogP contribution is -2.53. The smallest absolute Gasteiger partial charge is 0.317 e. The number of carboxylic acid groups (broad SMARTS) is 1. The average molecular weight is 228 g/mol. The minimum atomic E-state index is -0.767. The molecule has 1 saturated carbocycles. The van der Waals surface area contributed by atoms with Crippen LogP contribution in [0.2, 0.25) is 0 Å². The van der Waals surface area contributed by atoms with Crippen molar-refractivity contribution in [2.45, 2.75) is 57.7 Å². The molecule has 0 aliphatic heterocycles. The highest BCUT2D eigenvalue weighted by molar-refractivity contribution is 5.69. The number of nitrogens with one attached hydrogen (secondary N) is 1. The third-order valence-corrected chi connectivity index (χ3v) is 3.58. The molecule has 0 aromatic carbocycles. The maximum Gasteiger partial charge on any atom is 0.317 e. The number of carboxylic acids is 1. The molecular formula is C12H24N2O2. The fourth-order valence-corrected chi connectivity index (χ4v) is 2.44. The summed E-state index contributed by atoms with van der Waals surface area (Å²) in [5.74, 6) is -0.767. The first-order valence-electron chi connectivity index (χ1n) is 6.19. The Balaban J connectivity index is 2.53. The molecule has 0 radical (unpaired) electrons. The van der Waals surface area contributed by atoms with Gasteiger partial charge in [0.1, 0.15) is 0 Å². The van der Waals surface area contributed by atoms with Gasteiger partial charge >= 0.3 is 5.97 Å². The van der Waals surface area contributed by atoms with Gasteiger partial charge in [-0.15, -0.1) is 0 Å². The normalized spacial score (nSPS) is 26.3. The Morgan fingerprint density at radius 2 is 2.06 bits per heavy atom. The highest BCUT2D eigenvalue weighted by atomic mass is 16.4. The first kappa shape index (κ1) is 13.5. The van der Waals surface area contributed by atoms with Gasteiger partial charge in [0, 0.05) is 18.1 Å². The molecule has 1 aliphatic carbocycles. The highest BCUT2D eigenvalue weighted by Gasteiger charge is 2.29. The Labute approximate surface area is 98.0 Å². The molecule has 4 nitrogen and oxygen atoms in total. The van der Waals surface area contributed by atoms with Crippen molar-refractivity contribution in [3.05, 3.63) is 0 Å². The molecule has 0 unspecified atom stereocenters. The van der Waals surface area contributed by atoms with E-state index in [9.17, 15) is 4.79 Å². The number of aliphatic carboxylic acids is 1. The van der Waals surface area contributed by atoms with Crippen LogP contribution < -0.4 is 5.32 Å². The molecule has 0 spiro atoms. The molecule has 4 heteroatoms. The number of hydrogen-bond acceptors (Lipinski definition) is 3. The maximum absolute atomic E-state index is 10.6. The fraction of sp³-hybridized carbons (Fsp3) is 0.917. The monoisotopic (exact) mass is 228 g/mol. The summed E-state index contributed by atoms with van der Waals surface area (Å²) >= 11 is 0. The lowest BCUT2D eigenvalue weighted by molar-refractivity contribution is -0.136. The van der Waals surface area contributed by atoms with Gasteiger partial charge in [0.25, 0.3) is 0 Å². The standard InChI is InChI=1S/C12H24N2O2/c1-9(2)14(3)11-7-5-4-6-10(11)13-8-12(15)16/h9-11,13H,4-8H2,1-3H3,(H,15,16)/t10-,11-/m0/s1. The molecule has 2 atom stereocenters. The first-order valence-corrected chi connectivity index (χ1v) is 6.19. The van der Waals surface area contributed by atoms with Crippen LogP contribution in [0.3, 0.4) is 0 Å². The van der Waals surface area contributed by atoms with E-state index in [0.29, 0.717) is 18.1 Å². The van der Waals surface area contributed by atoms with E-state index in [4.69, 9.17) is 5.11 Å². The summed E-state index contributed by atoms with van der Waals surface area (Å²) < 4.78 is 0. The highest BCUT2D eigenvalue weighted by Crippen LogP contribution is 2.23. The van der Waals surface area contributed by atoms with Crippen LogP contribution in [0.4, 0.5) is 0 Å². The zero-order chi connectivity index (χ0) is 12.1. The van der Waals surface area contributed by atoms with Crippen molar-refractivity contribution in [3.8, 4) is 0 Å². The number of hydrogen-bond donors (Lipinski definition) is 2. The predicted molar refractivity (Wildman–Crippen MR) is 64.6 cm³/mol. The molecule has 0 amide bonds. The lowest BCUT2D eigenvalue weighted by Gasteiger charge is -2.40. The molecule has 2 N–H and O–H groups in total. The van der Waals surface area contributed by atoms with Crippen LogP contribution in [0, 0.1) is 0 Å². The molecule has 0 aromatic heterocycles.